The Balaban J connectivity index is 2.20. The molecule has 0 spiro atoms. The quantitative estimate of drug-likeness (QED) is 0.785. The Bertz CT molecular complexity index is 580. The van der Waals surface area contributed by atoms with E-state index >= 15 is 0 Å². The van der Waals surface area contributed by atoms with E-state index in [1.54, 1.807) is 6.07 Å². The van der Waals surface area contributed by atoms with Crippen molar-refractivity contribution in [2.75, 3.05) is 6.54 Å². The molecule has 1 atom stereocenters. The Labute approximate surface area is 131 Å². The van der Waals surface area contributed by atoms with E-state index in [0.29, 0.717) is 0 Å². The third-order valence-corrected chi connectivity index (χ3v) is 3.85. The van der Waals surface area contributed by atoms with Crippen LogP contribution in [-0.2, 0) is 6.42 Å². The van der Waals surface area contributed by atoms with Gasteiger partial charge in [-0.1, -0.05) is 54.4 Å². The number of rotatable bonds is 6. The first kappa shape index (κ1) is 16.0. The normalized spacial score (nSPS) is 12.4. The van der Waals surface area contributed by atoms with Crippen LogP contribution in [0.4, 0.5) is 4.39 Å². The van der Waals surface area contributed by atoms with Gasteiger partial charge < -0.3 is 5.32 Å². The average molecular weight is 306 g/mol. The fourth-order valence-corrected chi connectivity index (χ4v) is 2.43. The van der Waals surface area contributed by atoms with E-state index < -0.39 is 0 Å². The molecule has 21 heavy (non-hydrogen) atoms. The first-order valence-corrected chi connectivity index (χ1v) is 7.72. The molecule has 0 saturated carbocycles. The molecule has 1 nitrogen and oxygen atoms in total. The van der Waals surface area contributed by atoms with Crippen LogP contribution in [0.25, 0.3) is 0 Å². The summed E-state index contributed by atoms with van der Waals surface area (Å²) in [7, 11) is 0. The largest absolute Gasteiger partial charge is 0.310 e. The topological polar surface area (TPSA) is 12.0 Å². The Kier molecular flexibility index (Phi) is 5.77. The third kappa shape index (κ3) is 4.55. The lowest BCUT2D eigenvalue weighted by Crippen LogP contribution is -2.24. The van der Waals surface area contributed by atoms with Gasteiger partial charge in [-0.25, -0.2) is 4.39 Å². The maximum atomic E-state index is 13.7. The van der Waals surface area contributed by atoms with Crippen molar-refractivity contribution in [2.24, 2.45) is 0 Å². The monoisotopic (exact) mass is 305 g/mol. The predicted molar refractivity (Wildman–Crippen MR) is 87.3 cm³/mol. The van der Waals surface area contributed by atoms with Gasteiger partial charge in [-0.15, -0.1) is 0 Å². The number of hydrogen-bond donors (Lipinski definition) is 1. The van der Waals surface area contributed by atoms with Crippen LogP contribution in [0.5, 0.6) is 0 Å². The SMILES string of the molecule is CCCNC(Cc1ccc(C)cc1)c1ccc(Cl)c(F)c1. The Morgan fingerprint density at radius 2 is 1.86 bits per heavy atom. The smallest absolute Gasteiger partial charge is 0.142 e. The zero-order valence-corrected chi connectivity index (χ0v) is 13.3. The summed E-state index contributed by atoms with van der Waals surface area (Å²) in [6.45, 7) is 5.10. The van der Waals surface area contributed by atoms with Crippen molar-refractivity contribution in [1.82, 2.24) is 5.32 Å². The first-order chi connectivity index (χ1) is 10.1. The van der Waals surface area contributed by atoms with E-state index in [2.05, 4.69) is 43.4 Å². The van der Waals surface area contributed by atoms with Gasteiger partial charge in [0.25, 0.3) is 0 Å². The highest BCUT2D eigenvalue weighted by Gasteiger charge is 2.13. The lowest BCUT2D eigenvalue weighted by Gasteiger charge is -2.19. The Hall–Kier alpha value is -1.38. The molecule has 0 aromatic heterocycles. The van der Waals surface area contributed by atoms with E-state index in [1.807, 2.05) is 6.07 Å². The molecule has 0 amide bonds. The maximum absolute atomic E-state index is 13.7. The second kappa shape index (κ2) is 7.58. The van der Waals surface area contributed by atoms with Gasteiger partial charge in [-0.05, 0) is 49.6 Å². The van der Waals surface area contributed by atoms with Crippen molar-refractivity contribution < 1.29 is 4.39 Å². The van der Waals surface area contributed by atoms with Crippen LogP contribution in [0.3, 0.4) is 0 Å². The van der Waals surface area contributed by atoms with Gasteiger partial charge in [0.2, 0.25) is 0 Å². The zero-order chi connectivity index (χ0) is 15.2. The molecule has 0 bridgehead atoms. The molecular formula is C18H21ClFN. The average Bonchev–Trinajstić information content (AvgIpc) is 2.48. The molecule has 0 heterocycles. The summed E-state index contributed by atoms with van der Waals surface area (Å²) in [5.41, 5.74) is 3.42. The Morgan fingerprint density at radius 3 is 2.48 bits per heavy atom. The summed E-state index contributed by atoms with van der Waals surface area (Å²) in [4.78, 5) is 0. The molecule has 2 aromatic carbocycles. The van der Waals surface area contributed by atoms with Crippen LogP contribution in [0.15, 0.2) is 42.5 Å². The van der Waals surface area contributed by atoms with Crippen LogP contribution in [-0.4, -0.2) is 6.54 Å². The van der Waals surface area contributed by atoms with Gasteiger partial charge in [0, 0.05) is 6.04 Å². The van der Waals surface area contributed by atoms with Crippen molar-refractivity contribution in [2.45, 2.75) is 32.7 Å². The lowest BCUT2D eigenvalue weighted by atomic mass is 9.98. The van der Waals surface area contributed by atoms with Crippen LogP contribution in [0.2, 0.25) is 5.02 Å². The Morgan fingerprint density at radius 1 is 1.14 bits per heavy atom. The first-order valence-electron chi connectivity index (χ1n) is 7.34. The van der Waals surface area contributed by atoms with Crippen LogP contribution in [0.1, 0.15) is 36.1 Å². The summed E-state index contributed by atoms with van der Waals surface area (Å²) in [6, 6.07) is 13.6. The highest BCUT2D eigenvalue weighted by Crippen LogP contribution is 2.23. The van der Waals surface area contributed by atoms with Gasteiger partial charge in [0.1, 0.15) is 5.82 Å². The molecule has 0 aliphatic heterocycles. The van der Waals surface area contributed by atoms with E-state index in [4.69, 9.17) is 11.6 Å². The van der Waals surface area contributed by atoms with Crippen LogP contribution < -0.4 is 5.32 Å². The summed E-state index contributed by atoms with van der Waals surface area (Å²) in [5, 5.41) is 3.66. The number of nitrogens with one attached hydrogen (secondary N) is 1. The summed E-state index contributed by atoms with van der Waals surface area (Å²) < 4.78 is 13.7. The highest BCUT2D eigenvalue weighted by molar-refractivity contribution is 6.30. The fraction of sp³-hybridized carbons (Fsp3) is 0.333. The van der Waals surface area contributed by atoms with Gasteiger partial charge >= 0.3 is 0 Å². The molecule has 3 heteroatoms. The van der Waals surface area contributed by atoms with Crippen molar-refractivity contribution in [3.63, 3.8) is 0 Å². The molecule has 0 radical (unpaired) electrons. The zero-order valence-electron chi connectivity index (χ0n) is 12.5. The third-order valence-electron chi connectivity index (χ3n) is 3.55. The molecule has 0 aliphatic carbocycles. The van der Waals surface area contributed by atoms with Crippen molar-refractivity contribution in [1.29, 1.82) is 0 Å². The standard InChI is InChI=1S/C18H21ClFN/c1-3-10-21-18(11-14-6-4-13(2)5-7-14)15-8-9-16(19)17(20)12-15/h4-9,12,18,21H,3,10-11H2,1-2H3. The highest BCUT2D eigenvalue weighted by atomic mass is 35.5. The van der Waals surface area contributed by atoms with Crippen molar-refractivity contribution in [3.05, 3.63) is 70.0 Å². The van der Waals surface area contributed by atoms with E-state index in [-0.39, 0.29) is 16.9 Å². The molecule has 1 unspecified atom stereocenters. The predicted octanol–water partition coefficient (Wildman–Crippen LogP) is 5.07. The number of aryl methyl sites for hydroxylation is 1. The minimum Gasteiger partial charge on any atom is -0.310 e. The van der Waals surface area contributed by atoms with Crippen LogP contribution >= 0.6 is 11.6 Å². The fourth-order valence-electron chi connectivity index (χ4n) is 2.32. The lowest BCUT2D eigenvalue weighted by molar-refractivity contribution is 0.524. The molecule has 2 rings (SSSR count). The van der Waals surface area contributed by atoms with Gasteiger partial charge in [-0.2, -0.15) is 0 Å². The van der Waals surface area contributed by atoms with E-state index in [9.17, 15) is 4.39 Å². The molecule has 1 N–H and O–H groups in total. The molecule has 0 aliphatic rings. The van der Waals surface area contributed by atoms with Crippen LogP contribution in [0, 0.1) is 12.7 Å². The number of benzene rings is 2. The number of halogens is 2. The molecule has 2 aromatic rings. The summed E-state index contributed by atoms with van der Waals surface area (Å²) in [5.74, 6) is -0.360. The molecule has 0 fully saturated rings. The second-order valence-electron chi connectivity index (χ2n) is 5.37. The molecule has 112 valence electrons. The second-order valence-corrected chi connectivity index (χ2v) is 5.78. The minimum atomic E-state index is -0.360. The number of hydrogen-bond acceptors (Lipinski definition) is 1. The maximum Gasteiger partial charge on any atom is 0.142 e. The van der Waals surface area contributed by atoms with Crippen molar-refractivity contribution in [3.8, 4) is 0 Å². The summed E-state index contributed by atoms with van der Waals surface area (Å²) in [6.07, 6.45) is 1.88. The van der Waals surface area contributed by atoms with Gasteiger partial charge in [0.15, 0.2) is 0 Å². The van der Waals surface area contributed by atoms with Crippen molar-refractivity contribution >= 4 is 11.6 Å². The summed E-state index contributed by atoms with van der Waals surface area (Å²) >= 11 is 5.77. The van der Waals surface area contributed by atoms with E-state index in [0.717, 1.165) is 24.9 Å². The minimum absolute atomic E-state index is 0.0967. The van der Waals surface area contributed by atoms with Gasteiger partial charge in [-0.3, -0.25) is 0 Å². The molecular weight excluding hydrogens is 285 g/mol. The van der Waals surface area contributed by atoms with E-state index in [1.165, 1.54) is 17.2 Å². The van der Waals surface area contributed by atoms with Gasteiger partial charge in [0.05, 0.1) is 5.02 Å². The molecule has 0 saturated heterocycles.